The molecule has 13 heterocycles. The molecule has 714 valence electrons. The topological polar surface area (TPSA) is 297 Å². The van der Waals surface area contributed by atoms with Crippen LogP contribution in [0.3, 0.4) is 0 Å². The summed E-state index contributed by atoms with van der Waals surface area (Å²) >= 11 is 3.72. The van der Waals surface area contributed by atoms with Gasteiger partial charge >= 0.3 is 0 Å². The number of guanidine groups is 5. The summed E-state index contributed by atoms with van der Waals surface area (Å²) in [7, 11) is 27.0. The zero-order chi connectivity index (χ0) is 90.8. The Bertz CT molecular complexity index is 2930. The van der Waals surface area contributed by atoms with Crippen LogP contribution in [0.5, 0.6) is 0 Å². The molecule has 13 rings (SSSR count). The molecule has 1 aromatic heterocycles. The van der Waals surface area contributed by atoms with E-state index in [-0.39, 0.29) is 7.43 Å². The van der Waals surface area contributed by atoms with Crippen molar-refractivity contribution in [1.82, 2.24) is 93.9 Å². The molecule has 1 aromatic rings. The summed E-state index contributed by atoms with van der Waals surface area (Å²) in [6.07, 6.45) is 12.7. The molecular formula is C87H182N32O2S2. The fraction of sp³-hybridized carbons (Fsp3) is 0.839. The third kappa shape index (κ3) is 51.0. The number of aromatic nitrogens is 2. The molecule has 12 aliphatic heterocycles. The van der Waals surface area contributed by atoms with E-state index in [2.05, 4.69) is 288 Å². The van der Waals surface area contributed by atoms with Gasteiger partial charge in [0.15, 0.2) is 40.1 Å². The first-order valence-corrected chi connectivity index (χ1v) is 47.9. The Labute approximate surface area is 758 Å². The van der Waals surface area contributed by atoms with Crippen molar-refractivity contribution in [3.8, 4) is 0 Å². The molecule has 0 aromatic carbocycles. The highest BCUT2D eigenvalue weighted by Crippen LogP contribution is 2.16. The highest BCUT2D eigenvalue weighted by molar-refractivity contribution is 8.14. The number of thioether (sulfide) groups is 2. The first-order valence-electron chi connectivity index (χ1n) is 45.9. The van der Waals surface area contributed by atoms with Gasteiger partial charge in [-0.15, -0.1) is 0 Å². The smallest absolute Gasteiger partial charge is 0.287 e. The SMILES string of the molecule is C.CCN(C)C1=NCCC1.CCN(C)C1=NCCCC1.CCN(C)C1=NCCCN1.CCN(C)C1=NCCCN1C.CCN(C)C1=NCCCO1.CCN(C)C1=NCCCS1.CCN(C)C1=NCCN1.CCN(C)C1=NCCN1C.CCN(C)C1=NCCO1.CCN(C)C1=NCCS1.CCN1CCN(C)CC1.CCN1CCN=C1N.CCn1ccc(N)n1. The Kier molecular flexibility index (Phi) is 68.1. The number of amidine groups is 6. The number of likely N-dealkylation sites (N-methyl/N-ethyl adjacent to an activating group) is 4. The number of anilines is 1. The first-order chi connectivity index (χ1) is 58.7. The molecule has 12 aliphatic rings. The lowest BCUT2D eigenvalue weighted by molar-refractivity contribution is 0.160. The standard InChI is InChI=1S/C8H17N3.C8H16N2.2C7H15N3.C7H14N2O.C7H14N2S.C7H16N2.C7H14N2.C6H13N3.C6H12N2O.C6H12N2S.C5H11N3.C5H9N3.CH4/c1-4-10(2)8-9-6-5-7-11(8)3;1-3-10(2)8-6-4-5-7-9-8;1-4-9(2)7-8-5-6-10(7)3;1-3-10(2)7-8-5-4-6-9-7;2*1-3-9(2)7-8-5-4-6-10-7;1-3-9-6-4-8(2)5-7-9;1-3-9(2)7-5-4-6-8-7;1-3-9(2)6-7-4-5-8-6;2*1-3-8(2)6-7-4-5-9-6;1-2-8-4-3-7-5(8)6;1-2-8-4-3-5(6)7-8;/h4-7H2,1-3H3;3-7H2,1-2H3;4-6H2,1-3H3;3-6H2,1-2H3,(H,8,9);2*3-6H2,1-2H3;3-7H2,1-2H3;3-6H2,1-2H3;3-5H2,1-2H3,(H,7,8);2*3-5H2,1-2H3;2-4H2,1H3,(H2,6,7);3-4H,2H2,1H3,(H2,6,7);1H4. The number of hydrogen-bond acceptors (Lipinski definition) is 35. The minimum atomic E-state index is 0. The fourth-order valence-corrected chi connectivity index (χ4v) is 13.7. The van der Waals surface area contributed by atoms with Crippen LogP contribution in [-0.2, 0) is 16.0 Å². The van der Waals surface area contributed by atoms with Gasteiger partial charge in [-0.25, -0.2) is 9.98 Å². The summed E-state index contributed by atoms with van der Waals surface area (Å²) in [6, 6.07) is 3.37. The van der Waals surface area contributed by atoms with E-state index in [1.807, 2.05) is 67.6 Å². The predicted octanol–water partition coefficient (Wildman–Crippen LogP) is 8.23. The van der Waals surface area contributed by atoms with Crippen LogP contribution in [0, 0.1) is 0 Å². The number of rotatable bonds is 13. The largest absolute Gasteiger partial charge is 0.465 e. The molecule has 0 saturated carbocycles. The highest BCUT2D eigenvalue weighted by atomic mass is 32.2. The van der Waals surface area contributed by atoms with E-state index >= 15 is 0 Å². The maximum atomic E-state index is 5.47. The van der Waals surface area contributed by atoms with Gasteiger partial charge in [0.1, 0.15) is 12.4 Å². The van der Waals surface area contributed by atoms with Gasteiger partial charge in [0.25, 0.3) is 12.0 Å². The van der Waals surface area contributed by atoms with Gasteiger partial charge in [0, 0.05) is 298 Å². The van der Waals surface area contributed by atoms with Crippen LogP contribution in [0.2, 0.25) is 0 Å². The highest BCUT2D eigenvalue weighted by Gasteiger charge is 2.19. The Morgan fingerprint density at radius 1 is 0.374 bits per heavy atom. The van der Waals surface area contributed by atoms with Crippen LogP contribution in [0.15, 0.2) is 67.2 Å². The Balaban J connectivity index is 0.00000131. The number of piperazine rings is 1. The van der Waals surface area contributed by atoms with Gasteiger partial charge in [0.05, 0.1) is 51.0 Å². The minimum absolute atomic E-state index is 0. The lowest BCUT2D eigenvalue weighted by Crippen LogP contribution is -2.44. The van der Waals surface area contributed by atoms with Gasteiger partial charge in [-0.3, -0.25) is 49.6 Å². The summed E-state index contributed by atoms with van der Waals surface area (Å²) in [4.78, 5) is 80.0. The number of nitrogens with one attached hydrogen (secondary N) is 2. The molecule has 36 heteroatoms. The molecule has 1 fully saturated rings. The second-order valence-corrected chi connectivity index (χ2v) is 32.5. The van der Waals surface area contributed by atoms with Gasteiger partial charge < -0.3 is 105 Å². The minimum Gasteiger partial charge on any atom is -0.465 e. The molecule has 0 spiro atoms. The van der Waals surface area contributed by atoms with Crippen molar-refractivity contribution in [2.45, 2.75) is 162 Å². The van der Waals surface area contributed by atoms with Gasteiger partial charge in [-0.1, -0.05) is 37.9 Å². The number of aryl methyl sites for hydroxylation is 1. The van der Waals surface area contributed by atoms with Crippen LogP contribution in [0.25, 0.3) is 0 Å². The van der Waals surface area contributed by atoms with Crippen molar-refractivity contribution in [3.63, 3.8) is 0 Å². The van der Waals surface area contributed by atoms with Crippen molar-refractivity contribution in [3.05, 3.63) is 12.3 Å². The number of nitrogens with two attached hydrogens (primary N) is 2. The van der Waals surface area contributed by atoms with Crippen molar-refractivity contribution < 1.29 is 9.47 Å². The number of ether oxygens (including phenoxy) is 2. The Hall–Kier alpha value is -7.60. The normalized spacial score (nSPS) is 17.6. The van der Waals surface area contributed by atoms with E-state index in [9.17, 15) is 0 Å². The van der Waals surface area contributed by atoms with Crippen LogP contribution in [0.1, 0.15) is 155 Å². The average Bonchev–Trinajstić information content (AvgIpc) is 1.11. The lowest BCUT2D eigenvalue weighted by atomic mass is 10.2. The van der Waals surface area contributed by atoms with Crippen LogP contribution >= 0.6 is 23.5 Å². The van der Waals surface area contributed by atoms with Crippen molar-refractivity contribution in [2.24, 2.45) is 60.7 Å². The molecule has 0 aliphatic carbocycles. The van der Waals surface area contributed by atoms with Crippen LogP contribution < -0.4 is 22.1 Å². The van der Waals surface area contributed by atoms with Gasteiger partial charge in [-0.05, 0) is 141 Å². The third-order valence-corrected chi connectivity index (χ3v) is 23.5. The van der Waals surface area contributed by atoms with Crippen molar-refractivity contribution in [1.29, 1.82) is 0 Å². The molecule has 0 atom stereocenters. The number of aliphatic imine (C=N–C) groups is 11. The number of nitrogen functional groups attached to an aromatic ring is 1. The maximum absolute atomic E-state index is 5.47. The second-order valence-electron chi connectivity index (χ2n) is 30.4. The summed E-state index contributed by atoms with van der Waals surface area (Å²) < 4.78 is 12.3. The van der Waals surface area contributed by atoms with Crippen molar-refractivity contribution in [2.75, 3.05) is 332 Å². The van der Waals surface area contributed by atoms with E-state index in [0.717, 1.165) is 239 Å². The van der Waals surface area contributed by atoms with E-state index in [1.165, 1.54) is 118 Å². The Morgan fingerprint density at radius 2 is 0.837 bits per heavy atom. The molecule has 0 amide bonds. The van der Waals surface area contributed by atoms with E-state index in [4.69, 9.17) is 20.9 Å². The molecule has 6 N–H and O–H groups in total. The molecule has 123 heavy (non-hydrogen) atoms. The third-order valence-electron chi connectivity index (χ3n) is 21.2. The molecule has 0 bridgehead atoms. The number of hydrogen-bond donors (Lipinski definition) is 4. The van der Waals surface area contributed by atoms with Crippen LogP contribution in [-0.4, -0.2) is 473 Å². The van der Waals surface area contributed by atoms with E-state index in [1.54, 1.807) is 10.7 Å². The monoisotopic (exact) mass is 1770 g/mol. The number of nitrogens with zero attached hydrogens (tertiary/aromatic N) is 28. The Morgan fingerprint density at radius 3 is 1.20 bits per heavy atom. The summed E-state index contributed by atoms with van der Waals surface area (Å²) in [5, 5.41) is 12.8. The van der Waals surface area contributed by atoms with E-state index in [0.29, 0.717) is 11.8 Å². The quantitative estimate of drug-likeness (QED) is 0.145. The molecule has 0 radical (unpaired) electrons. The zero-order valence-corrected chi connectivity index (χ0v) is 83.6. The predicted molar refractivity (Wildman–Crippen MR) is 538 cm³/mol. The van der Waals surface area contributed by atoms with Gasteiger partial charge in [-0.2, -0.15) is 5.10 Å². The second kappa shape index (κ2) is 72.5. The zero-order valence-electron chi connectivity index (χ0n) is 82.0. The molecule has 1 saturated heterocycles. The van der Waals surface area contributed by atoms with Crippen LogP contribution in [0.4, 0.5) is 5.82 Å². The lowest BCUT2D eigenvalue weighted by Gasteiger charge is -2.31. The summed E-state index contributed by atoms with van der Waals surface area (Å²) in [6.45, 7) is 63.4. The molecule has 0 unspecified atom stereocenters. The molecule has 34 nitrogen and oxygen atoms in total. The fourth-order valence-electron chi connectivity index (χ4n) is 11.8. The van der Waals surface area contributed by atoms with Gasteiger partial charge in [0.2, 0.25) is 0 Å². The average molecular weight is 1770 g/mol. The summed E-state index contributed by atoms with van der Waals surface area (Å²) in [5.74, 6) is 10.6. The summed E-state index contributed by atoms with van der Waals surface area (Å²) in [5.41, 5.74) is 10.8. The first kappa shape index (κ1) is 115. The molecular weight excluding hydrogens is 1590 g/mol. The maximum Gasteiger partial charge on any atom is 0.287 e. The van der Waals surface area contributed by atoms with Crippen molar-refractivity contribution >= 4 is 93.2 Å². The van der Waals surface area contributed by atoms with E-state index < -0.39 is 0 Å².